The van der Waals surface area contributed by atoms with Crippen LogP contribution in [0.25, 0.3) is 0 Å². The van der Waals surface area contributed by atoms with Crippen LogP contribution in [-0.2, 0) is 13.0 Å². The van der Waals surface area contributed by atoms with Crippen molar-refractivity contribution in [3.05, 3.63) is 76.4 Å². The van der Waals surface area contributed by atoms with Crippen molar-refractivity contribution in [1.82, 2.24) is 9.78 Å². The second kappa shape index (κ2) is 8.34. The maximum atomic E-state index is 5.94. The molecule has 0 radical (unpaired) electrons. The van der Waals surface area contributed by atoms with Crippen molar-refractivity contribution < 1.29 is 0 Å². The van der Waals surface area contributed by atoms with Crippen LogP contribution >= 0.6 is 23.8 Å². The number of nitrogens with one attached hydrogen (secondary N) is 2. The fourth-order valence-electron chi connectivity index (χ4n) is 2.71. The number of hydrogen-bond donors (Lipinski definition) is 2. The van der Waals surface area contributed by atoms with Crippen LogP contribution in [0.5, 0.6) is 0 Å². The van der Waals surface area contributed by atoms with E-state index in [4.69, 9.17) is 23.8 Å². The molecule has 6 heteroatoms. The fourth-order valence-corrected chi connectivity index (χ4v) is 3.05. The van der Waals surface area contributed by atoms with E-state index in [9.17, 15) is 0 Å². The normalized spacial score (nSPS) is 10.6. The van der Waals surface area contributed by atoms with Crippen LogP contribution in [0, 0.1) is 6.92 Å². The van der Waals surface area contributed by atoms with E-state index in [0.717, 1.165) is 34.2 Å². The molecule has 1 aromatic heterocycles. The topological polar surface area (TPSA) is 41.9 Å². The van der Waals surface area contributed by atoms with E-state index in [0.29, 0.717) is 11.7 Å². The molecule has 26 heavy (non-hydrogen) atoms. The Morgan fingerprint density at radius 3 is 2.58 bits per heavy atom. The summed E-state index contributed by atoms with van der Waals surface area (Å²) < 4.78 is 1.94. The van der Waals surface area contributed by atoms with Gasteiger partial charge in [0, 0.05) is 22.5 Å². The Kier molecular flexibility index (Phi) is 5.91. The number of nitrogens with zero attached hydrogens (tertiary/aromatic N) is 2. The maximum absolute atomic E-state index is 5.94. The van der Waals surface area contributed by atoms with Crippen molar-refractivity contribution in [2.75, 3.05) is 10.6 Å². The first-order valence-electron chi connectivity index (χ1n) is 8.50. The van der Waals surface area contributed by atoms with E-state index in [1.807, 2.05) is 60.1 Å². The van der Waals surface area contributed by atoms with Gasteiger partial charge in [-0.3, -0.25) is 4.68 Å². The zero-order chi connectivity index (χ0) is 18.5. The predicted octanol–water partition coefficient (Wildman–Crippen LogP) is 5.26. The lowest BCUT2D eigenvalue weighted by Crippen LogP contribution is -2.20. The smallest absolute Gasteiger partial charge is 0.176 e. The Morgan fingerprint density at radius 1 is 1.12 bits per heavy atom. The number of aryl methyl sites for hydroxylation is 2. The summed E-state index contributed by atoms with van der Waals surface area (Å²) in [6.07, 6.45) is 0.945. The zero-order valence-electron chi connectivity index (χ0n) is 14.8. The summed E-state index contributed by atoms with van der Waals surface area (Å²) in [6.45, 7) is 4.83. The third-order valence-corrected chi connectivity index (χ3v) is 4.57. The molecule has 0 unspecified atom stereocenters. The molecule has 0 aliphatic rings. The van der Waals surface area contributed by atoms with Crippen molar-refractivity contribution >= 4 is 40.4 Å². The first-order valence-corrected chi connectivity index (χ1v) is 9.28. The van der Waals surface area contributed by atoms with Gasteiger partial charge >= 0.3 is 0 Å². The number of para-hydroxylation sites is 1. The lowest BCUT2D eigenvalue weighted by atomic mass is 10.1. The molecule has 4 nitrogen and oxygen atoms in total. The molecule has 0 saturated heterocycles. The predicted molar refractivity (Wildman–Crippen MR) is 113 cm³/mol. The Morgan fingerprint density at radius 2 is 1.85 bits per heavy atom. The standard InChI is InChI=1S/C20H21ClN4S/c1-3-16-6-4-5-7-18(16)22-20(26)23-19-12-14(2)25(24-19)13-15-8-10-17(21)11-9-15/h4-12H,3,13H2,1-2H3,(H2,22,23,24,26). The Balaban J connectivity index is 1.67. The van der Waals surface area contributed by atoms with Crippen LogP contribution in [0.1, 0.15) is 23.7 Å². The van der Waals surface area contributed by atoms with Crippen molar-refractivity contribution in [2.24, 2.45) is 0 Å². The maximum Gasteiger partial charge on any atom is 0.176 e. The number of aromatic nitrogens is 2. The molecular formula is C20H21ClN4S. The van der Waals surface area contributed by atoms with E-state index >= 15 is 0 Å². The summed E-state index contributed by atoms with van der Waals surface area (Å²) in [5.74, 6) is 0.725. The Labute approximate surface area is 164 Å². The van der Waals surface area contributed by atoms with Gasteiger partial charge in [-0.05, 0) is 54.9 Å². The molecule has 2 aromatic carbocycles. The van der Waals surface area contributed by atoms with Gasteiger partial charge in [0.25, 0.3) is 0 Å². The van der Waals surface area contributed by atoms with E-state index in [2.05, 4.69) is 28.7 Å². The highest BCUT2D eigenvalue weighted by molar-refractivity contribution is 7.80. The van der Waals surface area contributed by atoms with Gasteiger partial charge in [-0.15, -0.1) is 0 Å². The van der Waals surface area contributed by atoms with Crippen molar-refractivity contribution in [3.63, 3.8) is 0 Å². The molecule has 0 aliphatic carbocycles. The van der Waals surface area contributed by atoms with Gasteiger partial charge in [0.1, 0.15) is 0 Å². The highest BCUT2D eigenvalue weighted by atomic mass is 35.5. The molecule has 0 bridgehead atoms. The summed E-state index contributed by atoms with van der Waals surface area (Å²) in [7, 11) is 0. The number of halogens is 1. The van der Waals surface area contributed by atoms with Gasteiger partial charge < -0.3 is 10.6 Å². The summed E-state index contributed by atoms with van der Waals surface area (Å²) in [5, 5.41) is 12.3. The highest BCUT2D eigenvalue weighted by Crippen LogP contribution is 2.17. The number of benzene rings is 2. The Hall–Kier alpha value is -2.37. The third kappa shape index (κ3) is 4.62. The van der Waals surface area contributed by atoms with Crippen LogP contribution in [0.4, 0.5) is 11.5 Å². The molecule has 0 saturated carbocycles. The van der Waals surface area contributed by atoms with Crippen LogP contribution in [-0.4, -0.2) is 14.9 Å². The molecule has 2 N–H and O–H groups in total. The quantitative estimate of drug-likeness (QED) is 0.588. The molecule has 0 fully saturated rings. The van der Waals surface area contributed by atoms with E-state index < -0.39 is 0 Å². The molecular weight excluding hydrogens is 364 g/mol. The molecule has 0 aliphatic heterocycles. The number of thiocarbonyl (C=S) groups is 1. The summed E-state index contributed by atoms with van der Waals surface area (Å²) >= 11 is 11.4. The van der Waals surface area contributed by atoms with Gasteiger partial charge in [-0.2, -0.15) is 5.10 Å². The van der Waals surface area contributed by atoms with Crippen LogP contribution in [0.15, 0.2) is 54.6 Å². The molecule has 3 rings (SSSR count). The average molecular weight is 385 g/mol. The van der Waals surface area contributed by atoms with E-state index in [1.165, 1.54) is 5.56 Å². The Bertz CT molecular complexity index is 902. The monoisotopic (exact) mass is 384 g/mol. The van der Waals surface area contributed by atoms with Gasteiger partial charge in [0.2, 0.25) is 0 Å². The minimum atomic E-state index is 0.530. The van der Waals surface area contributed by atoms with Crippen LogP contribution < -0.4 is 10.6 Å². The molecule has 0 spiro atoms. The summed E-state index contributed by atoms with van der Waals surface area (Å²) in [5.41, 5.74) is 4.44. The summed E-state index contributed by atoms with van der Waals surface area (Å²) in [6, 6.07) is 17.9. The fraction of sp³-hybridized carbons (Fsp3) is 0.200. The summed E-state index contributed by atoms with van der Waals surface area (Å²) in [4.78, 5) is 0. The SMILES string of the molecule is CCc1ccccc1NC(=S)Nc1cc(C)n(Cc2ccc(Cl)cc2)n1. The first kappa shape index (κ1) is 18.4. The zero-order valence-corrected chi connectivity index (χ0v) is 16.4. The number of rotatable bonds is 5. The average Bonchev–Trinajstić information content (AvgIpc) is 2.96. The molecule has 0 atom stereocenters. The van der Waals surface area contributed by atoms with Crippen molar-refractivity contribution in [3.8, 4) is 0 Å². The highest BCUT2D eigenvalue weighted by Gasteiger charge is 2.08. The first-order chi connectivity index (χ1) is 12.5. The lowest BCUT2D eigenvalue weighted by molar-refractivity contribution is 0.668. The van der Waals surface area contributed by atoms with Crippen molar-refractivity contribution in [1.29, 1.82) is 0 Å². The second-order valence-corrected chi connectivity index (χ2v) is 6.89. The van der Waals surface area contributed by atoms with Gasteiger partial charge in [0.05, 0.1) is 6.54 Å². The van der Waals surface area contributed by atoms with Gasteiger partial charge in [-0.25, -0.2) is 0 Å². The number of hydrogen-bond acceptors (Lipinski definition) is 2. The minimum absolute atomic E-state index is 0.530. The van der Waals surface area contributed by atoms with Crippen LogP contribution in [0.2, 0.25) is 5.02 Å². The van der Waals surface area contributed by atoms with E-state index in [1.54, 1.807) is 0 Å². The third-order valence-electron chi connectivity index (χ3n) is 4.11. The van der Waals surface area contributed by atoms with Crippen molar-refractivity contribution in [2.45, 2.75) is 26.8 Å². The molecule has 1 heterocycles. The molecule has 134 valence electrons. The number of anilines is 2. The molecule has 3 aromatic rings. The molecule has 0 amide bonds. The minimum Gasteiger partial charge on any atom is -0.332 e. The van der Waals surface area contributed by atoms with E-state index in [-0.39, 0.29) is 0 Å². The largest absolute Gasteiger partial charge is 0.332 e. The van der Waals surface area contributed by atoms with Gasteiger partial charge in [-0.1, -0.05) is 48.9 Å². The second-order valence-electron chi connectivity index (χ2n) is 6.04. The van der Waals surface area contributed by atoms with Gasteiger partial charge in [0.15, 0.2) is 10.9 Å². The van der Waals surface area contributed by atoms with Crippen LogP contribution in [0.3, 0.4) is 0 Å². The lowest BCUT2D eigenvalue weighted by Gasteiger charge is -2.12.